The van der Waals surface area contributed by atoms with Gasteiger partial charge in [-0.3, -0.25) is 14.1 Å². The summed E-state index contributed by atoms with van der Waals surface area (Å²) in [6, 6.07) is 5.62. The molecule has 0 amide bonds. The van der Waals surface area contributed by atoms with Gasteiger partial charge in [-0.15, -0.1) is 0 Å². The topological polar surface area (TPSA) is 48.0 Å². The summed E-state index contributed by atoms with van der Waals surface area (Å²) in [7, 11) is 3.36. The summed E-state index contributed by atoms with van der Waals surface area (Å²) in [5, 5.41) is 0. The lowest BCUT2D eigenvalue weighted by Crippen LogP contribution is -2.51. The molecule has 22 heavy (non-hydrogen) atoms. The molecule has 3 heterocycles. The highest BCUT2D eigenvalue weighted by Gasteiger charge is 2.38. The quantitative estimate of drug-likeness (QED) is 0.447. The van der Waals surface area contributed by atoms with Crippen molar-refractivity contribution in [3.8, 4) is 0 Å². The molecule has 0 fully saturated rings. The average molecular weight is 297 g/mol. The van der Waals surface area contributed by atoms with Crippen LogP contribution in [0.2, 0.25) is 0 Å². The highest BCUT2D eigenvalue weighted by Crippen LogP contribution is 2.35. The first-order valence-electron chi connectivity index (χ1n) is 7.57. The Morgan fingerprint density at radius 2 is 2.14 bits per heavy atom. The van der Waals surface area contributed by atoms with Crippen LogP contribution in [-0.4, -0.2) is 28.4 Å². The first-order chi connectivity index (χ1) is 10.4. The molecule has 5 nitrogen and oxygen atoms in total. The van der Waals surface area contributed by atoms with Gasteiger partial charge in [-0.25, -0.2) is 4.79 Å². The lowest BCUT2D eigenvalue weighted by atomic mass is 9.61. The van der Waals surface area contributed by atoms with Crippen molar-refractivity contribution in [1.82, 2.24) is 9.55 Å². The van der Waals surface area contributed by atoms with E-state index in [2.05, 4.69) is 14.1 Å². The van der Waals surface area contributed by atoms with E-state index in [0.717, 1.165) is 5.47 Å². The maximum absolute atomic E-state index is 12.4. The van der Waals surface area contributed by atoms with Gasteiger partial charge in [0.25, 0.3) is 0 Å². The van der Waals surface area contributed by atoms with Crippen LogP contribution in [0.5, 0.6) is 0 Å². The molecule has 0 aromatic carbocycles. The fraction of sp³-hybridized carbons (Fsp3) is 0.312. The lowest BCUT2D eigenvalue weighted by molar-refractivity contribution is -0.652. The van der Waals surface area contributed by atoms with Gasteiger partial charge in [0, 0.05) is 6.20 Å². The lowest BCUT2D eigenvalue weighted by Gasteiger charge is -2.25. The molecule has 114 valence electrons. The molecule has 0 saturated carbocycles. The van der Waals surface area contributed by atoms with Crippen LogP contribution in [0.4, 0.5) is 0 Å². The van der Waals surface area contributed by atoms with Crippen LogP contribution in [-0.2, 0) is 23.6 Å². The van der Waals surface area contributed by atoms with E-state index in [1.165, 1.54) is 5.72 Å². The molecule has 0 atom stereocenters. The van der Waals surface area contributed by atoms with E-state index < -0.39 is 12.9 Å². The number of carbonyl (C=O) groups excluding carboxylic acids is 1. The smallest absolute Gasteiger partial charge is 0.337 e. The second-order valence-electron chi connectivity index (χ2n) is 6.43. The number of esters is 1. The highest BCUT2D eigenvalue weighted by molar-refractivity contribution is 6.62. The summed E-state index contributed by atoms with van der Waals surface area (Å²) in [4.78, 5) is 16.7. The number of carbonyl (C=O) groups is 1. The Labute approximate surface area is 130 Å². The maximum atomic E-state index is 12.4. The third-order valence-corrected chi connectivity index (χ3v) is 4.76. The number of aryl methyl sites for hydroxylation is 2. The van der Waals surface area contributed by atoms with Gasteiger partial charge in [-0.2, -0.15) is 5.47 Å². The summed E-state index contributed by atoms with van der Waals surface area (Å²) in [5.74, 6) is -0.265. The Balaban J connectivity index is 2.14. The molecular formula is C16H20BN3O2. The average Bonchev–Trinajstić information content (AvgIpc) is 2.90. The van der Waals surface area contributed by atoms with Gasteiger partial charge >= 0.3 is 5.97 Å². The molecule has 1 aliphatic heterocycles. The Morgan fingerprint density at radius 1 is 1.36 bits per heavy atom. The number of cyclic esters (lactones) is 1. The van der Waals surface area contributed by atoms with E-state index in [9.17, 15) is 4.79 Å². The SMILES string of the molecule is Cn1cc[n+](C)c1[BH2-]C1=C(c2ccccn2)C(=O)OC1(C)C. The molecule has 0 saturated heterocycles. The molecule has 0 bridgehead atoms. The minimum absolute atomic E-state index is 0.265. The third-order valence-electron chi connectivity index (χ3n) is 4.76. The summed E-state index contributed by atoms with van der Waals surface area (Å²) >= 11 is 0. The maximum Gasteiger partial charge on any atom is 0.337 e. The number of hydrogen-bond acceptors (Lipinski definition) is 3. The zero-order chi connectivity index (χ0) is 15.9. The summed E-state index contributed by atoms with van der Waals surface area (Å²) < 4.78 is 9.84. The van der Waals surface area contributed by atoms with Gasteiger partial charge in [0.1, 0.15) is 19.7 Å². The van der Waals surface area contributed by atoms with Gasteiger partial charge in [-0.05, 0) is 26.0 Å². The summed E-state index contributed by atoms with van der Waals surface area (Å²) in [5.41, 5.74) is 3.10. The zero-order valence-electron chi connectivity index (χ0n) is 13.6. The fourth-order valence-electron chi connectivity index (χ4n) is 3.29. The van der Waals surface area contributed by atoms with Crippen LogP contribution in [0, 0.1) is 0 Å². The van der Waals surface area contributed by atoms with E-state index in [4.69, 9.17) is 4.74 Å². The van der Waals surface area contributed by atoms with Crippen LogP contribution in [0.25, 0.3) is 5.57 Å². The van der Waals surface area contributed by atoms with Gasteiger partial charge in [0.2, 0.25) is 0 Å². The van der Waals surface area contributed by atoms with Gasteiger partial charge in [0.05, 0.1) is 36.7 Å². The number of rotatable bonds is 3. The van der Waals surface area contributed by atoms with E-state index in [-0.39, 0.29) is 5.97 Å². The molecule has 0 spiro atoms. The number of imidazole rings is 1. The number of nitrogens with zero attached hydrogens (tertiary/aromatic N) is 3. The van der Waals surface area contributed by atoms with E-state index in [0.29, 0.717) is 11.3 Å². The second-order valence-corrected chi connectivity index (χ2v) is 6.43. The van der Waals surface area contributed by atoms with Gasteiger partial charge in [-0.1, -0.05) is 6.07 Å². The first kappa shape index (κ1) is 14.6. The minimum atomic E-state index is -0.708. The predicted octanol–water partition coefficient (Wildman–Crippen LogP) is -0.215. The standard InChI is InChI=1S/C16H20BN3O2/c1-16(2)13(17-15-19(3)9-10-20(15)4)12(14(21)22-16)11-7-5-6-8-18-11/h5-10H,17H2,1-4H3. The van der Waals surface area contributed by atoms with Gasteiger partial charge < -0.3 is 4.74 Å². The van der Waals surface area contributed by atoms with Crippen LogP contribution < -0.4 is 10.3 Å². The highest BCUT2D eigenvalue weighted by atomic mass is 16.6. The van der Waals surface area contributed by atoms with E-state index in [1.807, 2.05) is 58.5 Å². The normalized spacial score (nSPS) is 17.0. The third kappa shape index (κ3) is 2.34. The molecule has 0 N–H and O–H groups in total. The first-order valence-corrected chi connectivity index (χ1v) is 7.57. The summed E-state index contributed by atoms with van der Waals surface area (Å²) in [6.07, 6.45) is 5.77. The Kier molecular flexibility index (Phi) is 3.39. The number of aromatic nitrogens is 3. The van der Waals surface area contributed by atoms with Crippen LogP contribution in [0.15, 0.2) is 42.3 Å². The predicted molar refractivity (Wildman–Crippen MR) is 86.1 cm³/mol. The zero-order valence-corrected chi connectivity index (χ0v) is 13.6. The Hall–Kier alpha value is -2.37. The van der Waals surface area contributed by atoms with Crippen molar-refractivity contribution in [2.45, 2.75) is 19.4 Å². The van der Waals surface area contributed by atoms with Crippen molar-refractivity contribution >= 4 is 24.5 Å². The molecule has 6 heteroatoms. The van der Waals surface area contributed by atoms with Crippen molar-refractivity contribution in [1.29, 1.82) is 0 Å². The Bertz CT molecular complexity index is 743. The van der Waals surface area contributed by atoms with E-state index >= 15 is 0 Å². The molecule has 1 aliphatic rings. The molecule has 0 radical (unpaired) electrons. The molecular weight excluding hydrogens is 277 g/mol. The fourth-order valence-corrected chi connectivity index (χ4v) is 3.29. The summed E-state index contributed by atoms with van der Waals surface area (Å²) in [6.45, 7) is 3.92. The molecule has 3 rings (SSSR count). The van der Waals surface area contributed by atoms with Crippen LogP contribution >= 0.6 is 0 Å². The van der Waals surface area contributed by atoms with Crippen molar-refractivity contribution < 1.29 is 14.1 Å². The van der Waals surface area contributed by atoms with E-state index in [1.54, 1.807) is 6.20 Å². The van der Waals surface area contributed by atoms with Crippen molar-refractivity contribution in [2.75, 3.05) is 0 Å². The van der Waals surface area contributed by atoms with Crippen LogP contribution in [0.3, 0.4) is 0 Å². The van der Waals surface area contributed by atoms with Crippen molar-refractivity contribution in [3.63, 3.8) is 0 Å². The minimum Gasteiger partial charge on any atom is -0.455 e. The molecule has 2 aromatic heterocycles. The monoisotopic (exact) mass is 297 g/mol. The molecule has 0 aliphatic carbocycles. The number of hydrogen-bond donors (Lipinski definition) is 0. The van der Waals surface area contributed by atoms with Crippen molar-refractivity contribution in [3.05, 3.63) is 48.0 Å². The largest absolute Gasteiger partial charge is 0.455 e. The molecule has 0 unspecified atom stereocenters. The van der Waals surface area contributed by atoms with Crippen LogP contribution in [0.1, 0.15) is 19.5 Å². The Morgan fingerprint density at radius 3 is 2.73 bits per heavy atom. The number of ether oxygens (including phenoxy) is 1. The second kappa shape index (κ2) is 5.12. The number of pyridine rings is 1. The van der Waals surface area contributed by atoms with Gasteiger partial charge in [0.15, 0.2) is 0 Å². The van der Waals surface area contributed by atoms with Crippen molar-refractivity contribution in [2.24, 2.45) is 14.1 Å². The molecule has 2 aromatic rings.